The Balaban J connectivity index is 2.20. The number of rotatable bonds is 1. The molecule has 3 unspecified atom stereocenters. The summed E-state index contributed by atoms with van der Waals surface area (Å²) in [6.07, 6.45) is 3.98. The van der Waals surface area contributed by atoms with Crippen molar-refractivity contribution in [2.75, 3.05) is 0 Å². The average Bonchev–Trinajstić information content (AvgIpc) is 2.61. The van der Waals surface area contributed by atoms with E-state index < -0.39 is 0 Å². The molecule has 0 aromatic heterocycles. The molecular formula is C15H29N3. The van der Waals surface area contributed by atoms with Gasteiger partial charge in [0.2, 0.25) is 0 Å². The highest BCUT2D eigenvalue weighted by Crippen LogP contribution is 2.63. The predicted molar refractivity (Wildman–Crippen MR) is 77.5 cm³/mol. The van der Waals surface area contributed by atoms with E-state index in [0.717, 1.165) is 5.92 Å². The average molecular weight is 251 g/mol. The van der Waals surface area contributed by atoms with Gasteiger partial charge in [0.25, 0.3) is 0 Å². The topological polar surface area (TPSA) is 50.4 Å². The summed E-state index contributed by atoms with van der Waals surface area (Å²) in [4.78, 5) is 4.85. The molecule has 0 radical (unpaired) electrons. The first-order valence-corrected chi connectivity index (χ1v) is 7.16. The molecule has 0 heterocycles. The van der Waals surface area contributed by atoms with Gasteiger partial charge in [0.05, 0.1) is 6.04 Å². The van der Waals surface area contributed by atoms with Gasteiger partial charge < -0.3 is 11.1 Å². The third kappa shape index (κ3) is 2.24. The fourth-order valence-corrected chi connectivity index (χ4v) is 4.15. The van der Waals surface area contributed by atoms with Crippen LogP contribution in [0.3, 0.4) is 0 Å². The van der Waals surface area contributed by atoms with Crippen molar-refractivity contribution >= 4 is 5.96 Å². The Morgan fingerprint density at radius 2 is 1.89 bits per heavy atom. The Hall–Kier alpha value is -0.730. The molecule has 2 aliphatic carbocycles. The summed E-state index contributed by atoms with van der Waals surface area (Å²) in [5.41, 5.74) is 6.72. The lowest BCUT2D eigenvalue weighted by molar-refractivity contribution is 0.142. The second-order valence-corrected chi connectivity index (χ2v) is 8.21. The molecule has 3 N–H and O–H groups in total. The Kier molecular flexibility index (Phi) is 2.95. The number of nitrogens with two attached hydrogens (primary N) is 1. The molecule has 2 fully saturated rings. The maximum atomic E-state index is 6.09. The monoisotopic (exact) mass is 251 g/mol. The molecule has 3 atom stereocenters. The molecule has 2 aliphatic rings. The van der Waals surface area contributed by atoms with Crippen LogP contribution in [0.2, 0.25) is 0 Å². The first kappa shape index (κ1) is 13.7. The van der Waals surface area contributed by atoms with Crippen molar-refractivity contribution in [3.8, 4) is 0 Å². The molecule has 0 aromatic carbocycles. The Morgan fingerprint density at radius 1 is 1.28 bits per heavy atom. The second-order valence-electron chi connectivity index (χ2n) is 8.21. The molecule has 0 spiro atoms. The van der Waals surface area contributed by atoms with Gasteiger partial charge in [-0.05, 0) is 56.8 Å². The van der Waals surface area contributed by atoms with E-state index in [1.54, 1.807) is 0 Å². The number of aliphatic imine (C=N–C) groups is 1. The summed E-state index contributed by atoms with van der Waals surface area (Å²) in [5.74, 6) is 1.42. The van der Waals surface area contributed by atoms with Gasteiger partial charge in [-0.2, -0.15) is 0 Å². The molecule has 0 amide bonds. The summed E-state index contributed by atoms with van der Waals surface area (Å²) in [7, 11) is 0. The minimum absolute atomic E-state index is 0.0176. The largest absolute Gasteiger partial charge is 0.370 e. The molecule has 0 aromatic rings. The van der Waals surface area contributed by atoms with E-state index in [2.05, 4.69) is 46.9 Å². The van der Waals surface area contributed by atoms with E-state index in [4.69, 9.17) is 10.7 Å². The SMILES string of the molecule is CC(C)(C)NC(N)=NC1C2(C)CCC(C2)C1(C)C. The van der Waals surface area contributed by atoms with E-state index in [-0.39, 0.29) is 11.0 Å². The number of nitrogens with zero attached hydrogens (tertiary/aromatic N) is 1. The van der Waals surface area contributed by atoms with Gasteiger partial charge >= 0.3 is 0 Å². The molecule has 3 heteroatoms. The first-order chi connectivity index (χ1) is 8.05. The fourth-order valence-electron chi connectivity index (χ4n) is 4.15. The van der Waals surface area contributed by atoms with E-state index in [1.807, 2.05) is 0 Å². The number of guanidine groups is 1. The van der Waals surface area contributed by atoms with Crippen LogP contribution in [0, 0.1) is 16.7 Å². The van der Waals surface area contributed by atoms with Crippen molar-refractivity contribution in [1.29, 1.82) is 0 Å². The number of fused-ring (bicyclic) bond motifs is 2. The van der Waals surface area contributed by atoms with Crippen molar-refractivity contribution < 1.29 is 0 Å². The van der Waals surface area contributed by atoms with Crippen LogP contribution >= 0.6 is 0 Å². The smallest absolute Gasteiger partial charge is 0.189 e. The highest BCUT2D eigenvalue weighted by atomic mass is 15.1. The molecule has 0 aliphatic heterocycles. The number of nitrogens with one attached hydrogen (secondary N) is 1. The van der Waals surface area contributed by atoms with E-state index in [9.17, 15) is 0 Å². The second kappa shape index (κ2) is 3.88. The van der Waals surface area contributed by atoms with Crippen LogP contribution in [0.1, 0.15) is 60.8 Å². The van der Waals surface area contributed by atoms with Crippen LogP contribution in [0.25, 0.3) is 0 Å². The van der Waals surface area contributed by atoms with Gasteiger partial charge in [-0.25, -0.2) is 4.99 Å². The maximum absolute atomic E-state index is 6.09. The molecule has 2 rings (SSSR count). The van der Waals surface area contributed by atoms with E-state index in [1.165, 1.54) is 19.3 Å². The van der Waals surface area contributed by atoms with Crippen LogP contribution in [0.15, 0.2) is 4.99 Å². The summed E-state index contributed by atoms with van der Waals surface area (Å²) >= 11 is 0. The molecule has 0 saturated heterocycles. The molecule has 2 saturated carbocycles. The number of hydrogen-bond acceptors (Lipinski definition) is 1. The van der Waals surface area contributed by atoms with Crippen molar-refractivity contribution in [1.82, 2.24) is 5.32 Å². The Morgan fingerprint density at radius 3 is 2.33 bits per heavy atom. The van der Waals surface area contributed by atoms with Gasteiger partial charge in [0.15, 0.2) is 5.96 Å². The minimum atomic E-state index is -0.0176. The van der Waals surface area contributed by atoms with Crippen molar-refractivity contribution in [3.05, 3.63) is 0 Å². The van der Waals surface area contributed by atoms with E-state index >= 15 is 0 Å². The van der Waals surface area contributed by atoms with Crippen LogP contribution < -0.4 is 11.1 Å². The summed E-state index contributed by atoms with van der Waals surface area (Å²) in [6, 6.07) is 0.360. The van der Waals surface area contributed by atoms with E-state index in [0.29, 0.717) is 17.4 Å². The molecule has 2 bridgehead atoms. The van der Waals surface area contributed by atoms with Gasteiger partial charge in [-0.1, -0.05) is 20.8 Å². The maximum Gasteiger partial charge on any atom is 0.189 e. The zero-order valence-electron chi connectivity index (χ0n) is 12.8. The van der Waals surface area contributed by atoms with Gasteiger partial charge in [-0.3, -0.25) is 0 Å². The molecule has 3 nitrogen and oxygen atoms in total. The Bertz CT molecular complexity index is 360. The van der Waals surface area contributed by atoms with Crippen LogP contribution in [0.5, 0.6) is 0 Å². The summed E-state index contributed by atoms with van der Waals surface area (Å²) in [5, 5.41) is 3.29. The fraction of sp³-hybridized carbons (Fsp3) is 0.933. The third-order valence-corrected chi connectivity index (χ3v) is 4.96. The van der Waals surface area contributed by atoms with Gasteiger partial charge in [0, 0.05) is 5.54 Å². The standard InChI is InChI=1S/C15H29N3/c1-13(2,3)18-12(16)17-11-14(4,5)10-7-8-15(11,6)9-10/h10-11H,7-9H2,1-6H3,(H3,16,17,18). The summed E-state index contributed by atoms with van der Waals surface area (Å²) < 4.78 is 0. The zero-order valence-corrected chi connectivity index (χ0v) is 12.8. The van der Waals surface area contributed by atoms with Gasteiger partial charge in [-0.15, -0.1) is 0 Å². The molecule has 18 heavy (non-hydrogen) atoms. The van der Waals surface area contributed by atoms with Gasteiger partial charge in [0.1, 0.15) is 0 Å². The Labute approximate surface area is 112 Å². The highest BCUT2D eigenvalue weighted by Gasteiger charge is 2.59. The predicted octanol–water partition coefficient (Wildman–Crippen LogP) is 2.90. The van der Waals surface area contributed by atoms with Crippen LogP contribution in [-0.2, 0) is 0 Å². The lowest BCUT2D eigenvalue weighted by atomic mass is 9.69. The third-order valence-electron chi connectivity index (χ3n) is 4.96. The summed E-state index contributed by atoms with van der Waals surface area (Å²) in [6.45, 7) is 13.5. The minimum Gasteiger partial charge on any atom is -0.370 e. The highest BCUT2D eigenvalue weighted by molar-refractivity contribution is 5.78. The molecular weight excluding hydrogens is 222 g/mol. The quantitative estimate of drug-likeness (QED) is 0.556. The molecule has 104 valence electrons. The normalized spacial score (nSPS) is 39.1. The lowest BCUT2D eigenvalue weighted by Gasteiger charge is -2.40. The van der Waals surface area contributed by atoms with Crippen LogP contribution in [0.4, 0.5) is 0 Å². The number of hydrogen-bond donors (Lipinski definition) is 2. The lowest BCUT2D eigenvalue weighted by Crippen LogP contribution is -2.48. The van der Waals surface area contributed by atoms with Crippen molar-refractivity contribution in [2.45, 2.75) is 72.4 Å². The van der Waals surface area contributed by atoms with Crippen LogP contribution in [-0.4, -0.2) is 17.5 Å². The van der Waals surface area contributed by atoms with Crippen molar-refractivity contribution in [2.24, 2.45) is 27.5 Å². The van der Waals surface area contributed by atoms with Crippen molar-refractivity contribution in [3.63, 3.8) is 0 Å². The zero-order chi connectivity index (χ0) is 13.8. The first-order valence-electron chi connectivity index (χ1n) is 7.16.